The van der Waals surface area contributed by atoms with Gasteiger partial charge in [-0.25, -0.2) is 0 Å². The van der Waals surface area contributed by atoms with E-state index in [1.165, 1.54) is 0 Å². The van der Waals surface area contributed by atoms with Crippen LogP contribution in [0.15, 0.2) is 24.3 Å². The van der Waals surface area contributed by atoms with Crippen LogP contribution in [0.3, 0.4) is 0 Å². The van der Waals surface area contributed by atoms with Gasteiger partial charge in [-0.3, -0.25) is 0 Å². The molecule has 0 fully saturated rings. The van der Waals surface area contributed by atoms with Gasteiger partial charge in [0.05, 0.1) is 19.8 Å². The van der Waals surface area contributed by atoms with Crippen LogP contribution in [0.25, 0.3) is 0 Å². The summed E-state index contributed by atoms with van der Waals surface area (Å²) in [6, 6.07) is 7.74. The van der Waals surface area contributed by atoms with Crippen LogP contribution in [-0.4, -0.2) is 31.5 Å². The minimum absolute atomic E-state index is 0.0739. The zero-order valence-corrected chi connectivity index (χ0v) is 9.33. The van der Waals surface area contributed by atoms with Crippen LogP contribution in [0.5, 0.6) is 0 Å². The number of nitrogens with one attached hydrogen (secondary N) is 1. The zero-order valence-electron chi connectivity index (χ0n) is 8.58. The fourth-order valence-corrected chi connectivity index (χ4v) is 1.38. The molecule has 0 unspecified atom stereocenters. The third-order valence-corrected chi connectivity index (χ3v) is 2.30. The second kappa shape index (κ2) is 7.65. The SMILES string of the molecule is OCCOCCNCc1ccccc1Cl. The first-order chi connectivity index (χ1) is 7.34. The summed E-state index contributed by atoms with van der Waals surface area (Å²) < 4.78 is 5.11. The minimum atomic E-state index is 0.0739. The van der Waals surface area contributed by atoms with E-state index in [9.17, 15) is 0 Å². The van der Waals surface area contributed by atoms with Crippen molar-refractivity contribution >= 4 is 11.6 Å². The molecule has 15 heavy (non-hydrogen) atoms. The Morgan fingerprint density at radius 1 is 1.27 bits per heavy atom. The highest BCUT2D eigenvalue weighted by molar-refractivity contribution is 6.31. The van der Waals surface area contributed by atoms with E-state index < -0.39 is 0 Å². The van der Waals surface area contributed by atoms with Gasteiger partial charge < -0.3 is 15.2 Å². The summed E-state index contributed by atoms with van der Waals surface area (Å²) in [5.41, 5.74) is 1.08. The molecule has 0 bridgehead atoms. The maximum atomic E-state index is 8.47. The summed E-state index contributed by atoms with van der Waals surface area (Å²) in [7, 11) is 0. The van der Waals surface area contributed by atoms with Crippen molar-refractivity contribution < 1.29 is 9.84 Å². The third-order valence-electron chi connectivity index (χ3n) is 1.93. The van der Waals surface area contributed by atoms with Crippen LogP contribution in [0.4, 0.5) is 0 Å². The lowest BCUT2D eigenvalue weighted by Crippen LogP contribution is -2.20. The molecule has 3 nitrogen and oxygen atoms in total. The second-order valence-electron chi connectivity index (χ2n) is 3.10. The molecule has 1 aromatic rings. The Morgan fingerprint density at radius 3 is 2.80 bits per heavy atom. The summed E-state index contributed by atoms with van der Waals surface area (Å²) in [5.74, 6) is 0. The molecule has 0 aliphatic heterocycles. The number of hydrogen-bond acceptors (Lipinski definition) is 3. The van der Waals surface area contributed by atoms with Gasteiger partial charge in [-0.1, -0.05) is 29.8 Å². The highest BCUT2D eigenvalue weighted by Gasteiger charge is 1.97. The lowest BCUT2D eigenvalue weighted by atomic mass is 10.2. The minimum Gasteiger partial charge on any atom is -0.394 e. The largest absolute Gasteiger partial charge is 0.394 e. The fraction of sp³-hybridized carbons (Fsp3) is 0.455. The Hall–Kier alpha value is -0.610. The fourth-order valence-electron chi connectivity index (χ4n) is 1.18. The lowest BCUT2D eigenvalue weighted by Gasteiger charge is -2.06. The van der Waals surface area contributed by atoms with Crippen LogP contribution in [-0.2, 0) is 11.3 Å². The number of hydrogen-bond donors (Lipinski definition) is 2. The molecule has 0 aliphatic carbocycles. The van der Waals surface area contributed by atoms with E-state index in [1.54, 1.807) is 0 Å². The van der Waals surface area contributed by atoms with Crippen LogP contribution >= 0.6 is 11.6 Å². The number of ether oxygens (including phenoxy) is 1. The van der Waals surface area contributed by atoms with Crippen molar-refractivity contribution in [3.8, 4) is 0 Å². The Balaban J connectivity index is 2.12. The first kappa shape index (κ1) is 12.5. The van der Waals surface area contributed by atoms with E-state index in [1.807, 2.05) is 24.3 Å². The average Bonchev–Trinajstić information content (AvgIpc) is 2.25. The third kappa shape index (κ3) is 5.14. The molecule has 1 aromatic carbocycles. The summed E-state index contributed by atoms with van der Waals surface area (Å²) in [6.45, 7) is 2.57. The molecular formula is C11H16ClNO2. The number of benzene rings is 1. The number of rotatable bonds is 7. The quantitative estimate of drug-likeness (QED) is 0.696. The Kier molecular flexibility index (Phi) is 6.36. The highest BCUT2D eigenvalue weighted by Crippen LogP contribution is 2.13. The van der Waals surface area contributed by atoms with E-state index in [0.29, 0.717) is 13.2 Å². The van der Waals surface area contributed by atoms with Gasteiger partial charge in [0.2, 0.25) is 0 Å². The maximum absolute atomic E-state index is 8.47. The van der Waals surface area contributed by atoms with Crippen molar-refractivity contribution in [2.24, 2.45) is 0 Å². The van der Waals surface area contributed by atoms with E-state index in [4.69, 9.17) is 21.4 Å². The van der Waals surface area contributed by atoms with Crippen LogP contribution in [0, 0.1) is 0 Å². The number of aliphatic hydroxyl groups is 1. The Morgan fingerprint density at radius 2 is 2.07 bits per heavy atom. The molecule has 2 N–H and O–H groups in total. The van der Waals surface area contributed by atoms with Gasteiger partial charge in [-0.05, 0) is 11.6 Å². The summed E-state index contributed by atoms with van der Waals surface area (Å²) in [5, 5.41) is 12.5. The van der Waals surface area contributed by atoms with Crippen molar-refractivity contribution in [2.75, 3.05) is 26.4 Å². The summed E-state index contributed by atoms with van der Waals surface area (Å²) in [4.78, 5) is 0. The molecule has 84 valence electrons. The molecule has 0 saturated heterocycles. The summed E-state index contributed by atoms with van der Waals surface area (Å²) >= 11 is 5.98. The first-order valence-corrected chi connectivity index (χ1v) is 5.35. The summed E-state index contributed by atoms with van der Waals surface area (Å²) in [6.07, 6.45) is 0. The van der Waals surface area contributed by atoms with E-state index in [0.717, 1.165) is 23.7 Å². The van der Waals surface area contributed by atoms with Gasteiger partial charge >= 0.3 is 0 Å². The van der Waals surface area contributed by atoms with Crippen molar-refractivity contribution in [3.05, 3.63) is 34.9 Å². The molecule has 0 heterocycles. The van der Waals surface area contributed by atoms with Gasteiger partial charge in [0.25, 0.3) is 0 Å². The second-order valence-corrected chi connectivity index (χ2v) is 3.51. The normalized spacial score (nSPS) is 10.5. The molecule has 0 radical (unpaired) electrons. The molecular weight excluding hydrogens is 214 g/mol. The molecule has 4 heteroatoms. The smallest absolute Gasteiger partial charge is 0.0698 e. The van der Waals surface area contributed by atoms with E-state index in [-0.39, 0.29) is 6.61 Å². The molecule has 0 aliphatic rings. The maximum Gasteiger partial charge on any atom is 0.0698 e. The monoisotopic (exact) mass is 229 g/mol. The van der Waals surface area contributed by atoms with Gasteiger partial charge in [0.1, 0.15) is 0 Å². The molecule has 0 atom stereocenters. The molecule has 1 rings (SSSR count). The van der Waals surface area contributed by atoms with Gasteiger partial charge in [-0.15, -0.1) is 0 Å². The van der Waals surface area contributed by atoms with Crippen molar-refractivity contribution in [1.29, 1.82) is 0 Å². The van der Waals surface area contributed by atoms with Gasteiger partial charge in [0, 0.05) is 18.1 Å². The van der Waals surface area contributed by atoms with Crippen molar-refractivity contribution in [3.63, 3.8) is 0 Å². The average molecular weight is 230 g/mol. The number of aliphatic hydroxyl groups excluding tert-OH is 1. The number of halogens is 1. The van der Waals surface area contributed by atoms with Crippen LogP contribution < -0.4 is 5.32 Å². The topological polar surface area (TPSA) is 41.5 Å². The Labute approximate surface area is 95.0 Å². The van der Waals surface area contributed by atoms with E-state index >= 15 is 0 Å². The zero-order chi connectivity index (χ0) is 10.9. The van der Waals surface area contributed by atoms with Gasteiger partial charge in [0.15, 0.2) is 0 Å². The Bertz CT molecular complexity index is 281. The van der Waals surface area contributed by atoms with Crippen molar-refractivity contribution in [1.82, 2.24) is 5.32 Å². The predicted molar refractivity (Wildman–Crippen MR) is 61.1 cm³/mol. The molecule has 0 aromatic heterocycles. The predicted octanol–water partition coefficient (Wildman–Crippen LogP) is 1.44. The van der Waals surface area contributed by atoms with Crippen molar-refractivity contribution in [2.45, 2.75) is 6.54 Å². The molecule has 0 amide bonds. The standard InChI is InChI=1S/C11H16ClNO2/c12-11-4-2-1-3-10(11)9-13-5-7-15-8-6-14/h1-4,13-14H,5-9H2. The van der Waals surface area contributed by atoms with E-state index in [2.05, 4.69) is 5.32 Å². The highest BCUT2D eigenvalue weighted by atomic mass is 35.5. The van der Waals surface area contributed by atoms with Crippen LogP contribution in [0.1, 0.15) is 5.56 Å². The first-order valence-electron chi connectivity index (χ1n) is 4.97. The molecule has 0 saturated carbocycles. The molecule has 0 spiro atoms. The lowest BCUT2D eigenvalue weighted by molar-refractivity contribution is 0.0938. The van der Waals surface area contributed by atoms with Gasteiger partial charge in [-0.2, -0.15) is 0 Å². The van der Waals surface area contributed by atoms with Crippen LogP contribution in [0.2, 0.25) is 5.02 Å².